The predicted molar refractivity (Wildman–Crippen MR) is 147 cm³/mol. The Kier molecular flexibility index (Phi) is 8.40. The predicted octanol–water partition coefficient (Wildman–Crippen LogP) is 6.52. The zero-order chi connectivity index (χ0) is 25.2. The van der Waals surface area contributed by atoms with Gasteiger partial charge in [0, 0.05) is 24.9 Å². The van der Waals surface area contributed by atoms with E-state index in [1.54, 1.807) is 6.26 Å². The van der Waals surface area contributed by atoms with Crippen LogP contribution in [0.25, 0.3) is 0 Å². The molecule has 194 valence electrons. The van der Waals surface area contributed by atoms with E-state index in [1.807, 2.05) is 24.3 Å². The number of phenols is 1. The van der Waals surface area contributed by atoms with Gasteiger partial charge in [-0.15, -0.1) is 12.4 Å². The van der Waals surface area contributed by atoms with Crippen molar-refractivity contribution in [2.45, 2.75) is 71.6 Å². The summed E-state index contributed by atoms with van der Waals surface area (Å²) in [6.07, 6.45) is 3.67. The van der Waals surface area contributed by atoms with Gasteiger partial charge in [-0.3, -0.25) is 4.99 Å². The number of amidine groups is 1. The fourth-order valence-corrected chi connectivity index (χ4v) is 4.30. The lowest BCUT2D eigenvalue weighted by molar-refractivity contribution is 0.422. The first-order valence-electron chi connectivity index (χ1n) is 12.3. The number of hydrogen-bond donors (Lipinski definition) is 2. The van der Waals surface area contributed by atoms with E-state index in [0.717, 1.165) is 53.3 Å². The number of rotatable bonds is 7. The standard InChI is InChI=1S/C29H37N3O3.ClH/c1-28(2,3)21-15-19(16-22(27(21)33)29(4,5)6)11-12-25-32-26(18-34-25)35-23-10-8-7-9-20(23)17-24-30-13-14-31-24;/h7-10,15-16,18,33H,11-14,17H2,1-6H3,(H,30,31);1H. The van der Waals surface area contributed by atoms with Crippen LogP contribution in [0.5, 0.6) is 17.4 Å². The average molecular weight is 512 g/mol. The van der Waals surface area contributed by atoms with Crippen molar-refractivity contribution >= 4 is 18.2 Å². The molecule has 1 aliphatic rings. The number of aryl methyl sites for hydroxylation is 2. The highest BCUT2D eigenvalue weighted by Gasteiger charge is 2.26. The highest BCUT2D eigenvalue weighted by molar-refractivity contribution is 5.86. The molecule has 3 aromatic rings. The largest absolute Gasteiger partial charge is 0.507 e. The number of benzene rings is 2. The number of aliphatic imine (C=N–C) groups is 1. The maximum atomic E-state index is 11.0. The van der Waals surface area contributed by atoms with E-state index in [2.05, 4.69) is 69.0 Å². The minimum absolute atomic E-state index is 0. The third-order valence-corrected chi connectivity index (χ3v) is 6.23. The molecule has 2 aromatic carbocycles. The van der Waals surface area contributed by atoms with Crippen LogP contribution in [0.2, 0.25) is 0 Å². The molecule has 0 atom stereocenters. The lowest BCUT2D eigenvalue weighted by atomic mass is 9.78. The number of nitrogens with one attached hydrogen (secondary N) is 1. The molecule has 0 fully saturated rings. The van der Waals surface area contributed by atoms with Gasteiger partial charge >= 0.3 is 0 Å². The average Bonchev–Trinajstić information content (AvgIpc) is 3.45. The first-order chi connectivity index (χ1) is 16.5. The third-order valence-electron chi connectivity index (χ3n) is 6.23. The number of para-hydroxylation sites is 1. The monoisotopic (exact) mass is 511 g/mol. The van der Waals surface area contributed by atoms with Crippen molar-refractivity contribution in [1.29, 1.82) is 0 Å². The first-order valence-corrected chi connectivity index (χ1v) is 12.3. The van der Waals surface area contributed by atoms with Gasteiger partial charge in [0.15, 0.2) is 12.2 Å². The summed E-state index contributed by atoms with van der Waals surface area (Å²) in [4.78, 5) is 9.05. The summed E-state index contributed by atoms with van der Waals surface area (Å²) in [5.74, 6) is 3.22. The summed E-state index contributed by atoms with van der Waals surface area (Å²) in [7, 11) is 0. The molecule has 0 radical (unpaired) electrons. The maximum absolute atomic E-state index is 11.0. The Morgan fingerprint density at radius 3 is 2.28 bits per heavy atom. The number of nitrogens with zero attached hydrogens (tertiary/aromatic N) is 2. The lowest BCUT2D eigenvalue weighted by Crippen LogP contribution is -2.20. The minimum Gasteiger partial charge on any atom is -0.507 e. The Balaban J connectivity index is 0.00000361. The van der Waals surface area contributed by atoms with Crippen molar-refractivity contribution in [3.8, 4) is 17.4 Å². The quantitative estimate of drug-likeness (QED) is 0.377. The second kappa shape index (κ2) is 11.0. The molecule has 4 rings (SSSR count). The van der Waals surface area contributed by atoms with Crippen molar-refractivity contribution in [3.05, 3.63) is 70.8 Å². The first kappa shape index (κ1) is 27.6. The van der Waals surface area contributed by atoms with E-state index in [4.69, 9.17) is 9.15 Å². The molecule has 2 N–H and O–H groups in total. The van der Waals surface area contributed by atoms with Gasteiger partial charge in [0.25, 0.3) is 5.88 Å². The molecule has 0 saturated carbocycles. The summed E-state index contributed by atoms with van der Waals surface area (Å²) in [5, 5.41) is 14.3. The summed E-state index contributed by atoms with van der Waals surface area (Å²) in [5.41, 5.74) is 3.84. The normalized spacial score (nSPS) is 13.7. The van der Waals surface area contributed by atoms with Crippen molar-refractivity contribution in [1.82, 2.24) is 10.3 Å². The van der Waals surface area contributed by atoms with E-state index in [9.17, 15) is 5.11 Å². The van der Waals surface area contributed by atoms with Crippen LogP contribution in [-0.2, 0) is 30.1 Å². The lowest BCUT2D eigenvalue weighted by Gasteiger charge is -2.28. The van der Waals surface area contributed by atoms with Crippen LogP contribution < -0.4 is 10.1 Å². The van der Waals surface area contributed by atoms with E-state index < -0.39 is 0 Å². The van der Waals surface area contributed by atoms with E-state index >= 15 is 0 Å². The van der Waals surface area contributed by atoms with E-state index in [-0.39, 0.29) is 23.2 Å². The summed E-state index contributed by atoms with van der Waals surface area (Å²) in [6.45, 7) is 14.5. The Morgan fingerprint density at radius 1 is 1.00 bits per heavy atom. The molecule has 2 heterocycles. The maximum Gasteiger partial charge on any atom is 0.258 e. The number of aromatic nitrogens is 1. The number of phenolic OH excluding ortho intramolecular Hbond substituents is 1. The van der Waals surface area contributed by atoms with Crippen LogP contribution in [0.4, 0.5) is 0 Å². The molecular weight excluding hydrogens is 474 g/mol. The molecule has 36 heavy (non-hydrogen) atoms. The number of hydrogen-bond acceptors (Lipinski definition) is 6. The number of aromatic hydroxyl groups is 1. The van der Waals surface area contributed by atoms with Gasteiger partial charge in [0.1, 0.15) is 17.3 Å². The van der Waals surface area contributed by atoms with Gasteiger partial charge in [0.2, 0.25) is 0 Å². The highest BCUT2D eigenvalue weighted by atomic mass is 35.5. The Hall–Kier alpha value is -2.99. The van der Waals surface area contributed by atoms with Crippen molar-refractivity contribution in [2.75, 3.05) is 13.1 Å². The Bertz CT molecular complexity index is 1180. The second-order valence-corrected chi connectivity index (χ2v) is 11.3. The topological polar surface area (TPSA) is 79.9 Å². The summed E-state index contributed by atoms with van der Waals surface area (Å²) in [6, 6.07) is 12.2. The summed E-state index contributed by atoms with van der Waals surface area (Å²) < 4.78 is 11.8. The van der Waals surface area contributed by atoms with Crippen molar-refractivity contribution < 1.29 is 14.3 Å². The molecular formula is C29H38ClN3O3. The van der Waals surface area contributed by atoms with Crippen LogP contribution in [0, 0.1) is 0 Å². The van der Waals surface area contributed by atoms with E-state index in [0.29, 0.717) is 30.4 Å². The zero-order valence-electron chi connectivity index (χ0n) is 22.1. The molecule has 0 saturated heterocycles. The van der Waals surface area contributed by atoms with Crippen molar-refractivity contribution in [3.63, 3.8) is 0 Å². The molecule has 0 spiro atoms. The molecule has 0 unspecified atom stereocenters. The molecule has 0 bridgehead atoms. The van der Waals surface area contributed by atoms with Crippen molar-refractivity contribution in [2.24, 2.45) is 4.99 Å². The Labute approximate surface area is 220 Å². The molecule has 0 aliphatic carbocycles. The van der Waals surface area contributed by atoms with Gasteiger partial charge in [-0.05, 0) is 40.0 Å². The zero-order valence-corrected chi connectivity index (χ0v) is 23.0. The van der Waals surface area contributed by atoms with Gasteiger partial charge in [-0.25, -0.2) is 0 Å². The minimum atomic E-state index is -0.156. The fraction of sp³-hybridized carbons (Fsp3) is 0.448. The van der Waals surface area contributed by atoms with Crippen LogP contribution in [-0.4, -0.2) is 29.0 Å². The van der Waals surface area contributed by atoms with E-state index in [1.165, 1.54) is 0 Å². The fourth-order valence-electron chi connectivity index (χ4n) is 4.30. The third kappa shape index (κ3) is 6.61. The van der Waals surface area contributed by atoms with Gasteiger partial charge < -0.3 is 19.6 Å². The molecule has 7 heteroatoms. The SMILES string of the molecule is CC(C)(C)c1cc(CCc2nc(Oc3ccccc3CC3=NCCN3)co2)cc(C(C)(C)C)c1O.Cl. The van der Waals surface area contributed by atoms with Crippen LogP contribution >= 0.6 is 12.4 Å². The van der Waals surface area contributed by atoms with Gasteiger partial charge in [-0.2, -0.15) is 4.98 Å². The molecule has 0 amide bonds. The molecule has 1 aromatic heterocycles. The smallest absolute Gasteiger partial charge is 0.258 e. The second-order valence-electron chi connectivity index (χ2n) is 11.3. The number of ether oxygens (including phenoxy) is 1. The Morgan fingerprint density at radius 2 is 1.67 bits per heavy atom. The molecule has 1 aliphatic heterocycles. The van der Waals surface area contributed by atoms with Crippen LogP contribution in [0.3, 0.4) is 0 Å². The van der Waals surface area contributed by atoms with Gasteiger partial charge in [-0.1, -0.05) is 71.9 Å². The van der Waals surface area contributed by atoms with Gasteiger partial charge in [0.05, 0.1) is 6.54 Å². The van der Waals surface area contributed by atoms with Crippen LogP contribution in [0.1, 0.15) is 69.7 Å². The number of halogens is 1. The molecule has 6 nitrogen and oxygen atoms in total. The van der Waals surface area contributed by atoms with Crippen LogP contribution in [0.15, 0.2) is 52.1 Å². The number of oxazole rings is 1. The summed E-state index contributed by atoms with van der Waals surface area (Å²) >= 11 is 0. The highest BCUT2D eigenvalue weighted by Crippen LogP contribution is 2.40.